The van der Waals surface area contributed by atoms with Gasteiger partial charge in [0, 0.05) is 6.04 Å². The van der Waals surface area contributed by atoms with Crippen molar-refractivity contribution >= 4 is 0 Å². The Bertz CT molecular complexity index is 147. The first kappa shape index (κ1) is 12.5. The van der Waals surface area contributed by atoms with E-state index >= 15 is 0 Å². The number of nitrogens with two attached hydrogens (primary N) is 1. The minimum atomic E-state index is 0.424. The van der Waals surface area contributed by atoms with Crippen LogP contribution in [0.1, 0.15) is 46.5 Å². The summed E-state index contributed by atoms with van der Waals surface area (Å²) in [6, 6.07) is 0.424. The second-order valence-corrected chi connectivity index (χ2v) is 4.17. The average Bonchev–Trinajstić information content (AvgIpc) is 2.06. The first-order valence-electron chi connectivity index (χ1n) is 5.24. The Balaban J connectivity index is 0.000000424. The maximum Gasteiger partial charge on any atom is 0.00387 e. The van der Waals surface area contributed by atoms with Crippen molar-refractivity contribution in [2.75, 3.05) is 0 Å². The minimum absolute atomic E-state index is 0.424. The van der Waals surface area contributed by atoms with Crippen molar-refractivity contribution in [1.29, 1.82) is 0 Å². The van der Waals surface area contributed by atoms with Crippen LogP contribution in [0.25, 0.3) is 0 Å². The van der Waals surface area contributed by atoms with Crippen molar-refractivity contribution in [3.05, 3.63) is 0 Å². The van der Waals surface area contributed by atoms with Crippen LogP contribution >= 0.6 is 0 Å². The van der Waals surface area contributed by atoms with E-state index in [1.54, 1.807) is 6.92 Å². The van der Waals surface area contributed by atoms with Crippen LogP contribution in [-0.4, -0.2) is 6.04 Å². The molecule has 1 heteroatoms. The monoisotopic (exact) mass is 181 g/mol. The lowest BCUT2D eigenvalue weighted by Crippen LogP contribution is -2.29. The Hall–Kier alpha value is -0.480. The topological polar surface area (TPSA) is 26.0 Å². The third-order valence-electron chi connectivity index (χ3n) is 2.80. The second-order valence-electron chi connectivity index (χ2n) is 4.17. The molecule has 1 atom stereocenters. The van der Waals surface area contributed by atoms with E-state index in [4.69, 9.17) is 5.73 Å². The van der Waals surface area contributed by atoms with E-state index in [1.807, 2.05) is 0 Å². The van der Waals surface area contributed by atoms with Gasteiger partial charge in [-0.1, -0.05) is 19.8 Å². The smallest absolute Gasteiger partial charge is 0.00387 e. The summed E-state index contributed by atoms with van der Waals surface area (Å²) in [6.45, 7) is 6.14. The summed E-state index contributed by atoms with van der Waals surface area (Å²) in [5, 5.41) is 0. The molecule has 76 valence electrons. The Morgan fingerprint density at radius 2 is 1.69 bits per heavy atom. The van der Waals surface area contributed by atoms with Gasteiger partial charge in [-0.2, -0.15) is 0 Å². The lowest BCUT2D eigenvalue weighted by Gasteiger charge is -2.28. The highest BCUT2D eigenvalue weighted by molar-refractivity contribution is 4.75. The van der Waals surface area contributed by atoms with E-state index in [2.05, 4.69) is 26.2 Å². The van der Waals surface area contributed by atoms with Gasteiger partial charge in [-0.3, -0.25) is 0 Å². The molecule has 0 bridgehead atoms. The number of hydrogen-bond acceptors (Lipinski definition) is 1. The number of terminal acetylenes is 1. The molecule has 0 radical (unpaired) electrons. The van der Waals surface area contributed by atoms with Crippen LogP contribution in [-0.2, 0) is 0 Å². The molecule has 0 aromatic heterocycles. The molecule has 13 heavy (non-hydrogen) atoms. The van der Waals surface area contributed by atoms with E-state index in [9.17, 15) is 0 Å². The largest absolute Gasteiger partial charge is 0.328 e. The fourth-order valence-electron chi connectivity index (χ4n) is 1.81. The Morgan fingerprint density at radius 1 is 1.31 bits per heavy atom. The van der Waals surface area contributed by atoms with Crippen LogP contribution in [0.5, 0.6) is 0 Å². The van der Waals surface area contributed by atoms with E-state index in [1.165, 1.54) is 25.7 Å². The minimum Gasteiger partial charge on any atom is -0.328 e. The Kier molecular flexibility index (Phi) is 6.72. The summed E-state index contributed by atoms with van der Waals surface area (Å²) in [5.74, 6) is 4.02. The third kappa shape index (κ3) is 5.71. The molecule has 1 rings (SSSR count). The summed E-state index contributed by atoms with van der Waals surface area (Å²) < 4.78 is 0. The fourth-order valence-corrected chi connectivity index (χ4v) is 1.81. The predicted molar refractivity (Wildman–Crippen MR) is 59.3 cm³/mol. The maximum atomic E-state index is 5.81. The molecule has 1 unspecified atom stereocenters. The van der Waals surface area contributed by atoms with E-state index in [0.29, 0.717) is 6.04 Å². The van der Waals surface area contributed by atoms with Crippen LogP contribution < -0.4 is 5.73 Å². The molecular formula is C12H23N. The SMILES string of the molecule is C#CC.CC1CCC(C(C)N)CC1. The highest BCUT2D eigenvalue weighted by Gasteiger charge is 2.20. The van der Waals surface area contributed by atoms with Gasteiger partial charge in [0.2, 0.25) is 0 Å². The van der Waals surface area contributed by atoms with Gasteiger partial charge in [0.1, 0.15) is 0 Å². The molecule has 0 aliphatic heterocycles. The normalized spacial score (nSPS) is 29.5. The lowest BCUT2D eigenvalue weighted by atomic mass is 9.80. The van der Waals surface area contributed by atoms with Crippen molar-refractivity contribution in [2.24, 2.45) is 17.6 Å². The Morgan fingerprint density at radius 3 is 2.00 bits per heavy atom. The molecule has 1 nitrogen and oxygen atoms in total. The molecule has 1 aliphatic carbocycles. The van der Waals surface area contributed by atoms with Gasteiger partial charge in [0.25, 0.3) is 0 Å². The molecule has 0 saturated heterocycles. The van der Waals surface area contributed by atoms with Crippen LogP contribution in [0.15, 0.2) is 0 Å². The molecule has 2 N–H and O–H groups in total. The molecule has 1 fully saturated rings. The van der Waals surface area contributed by atoms with Gasteiger partial charge in [0.15, 0.2) is 0 Å². The van der Waals surface area contributed by atoms with Gasteiger partial charge in [-0.15, -0.1) is 12.3 Å². The highest BCUT2D eigenvalue weighted by atomic mass is 14.6. The van der Waals surface area contributed by atoms with E-state index in [-0.39, 0.29) is 0 Å². The molecular weight excluding hydrogens is 158 g/mol. The molecule has 0 spiro atoms. The first-order chi connectivity index (χ1) is 6.11. The van der Waals surface area contributed by atoms with Gasteiger partial charge < -0.3 is 5.73 Å². The quantitative estimate of drug-likeness (QED) is 0.618. The summed E-state index contributed by atoms with van der Waals surface area (Å²) >= 11 is 0. The fraction of sp³-hybridized carbons (Fsp3) is 0.833. The molecule has 0 amide bonds. The summed E-state index contributed by atoms with van der Waals surface area (Å²) in [4.78, 5) is 0. The van der Waals surface area contributed by atoms with Crippen LogP contribution in [0, 0.1) is 24.2 Å². The third-order valence-corrected chi connectivity index (χ3v) is 2.80. The van der Waals surface area contributed by atoms with Crippen molar-refractivity contribution in [2.45, 2.75) is 52.5 Å². The number of rotatable bonds is 1. The van der Waals surface area contributed by atoms with Crippen LogP contribution in [0.4, 0.5) is 0 Å². The first-order valence-corrected chi connectivity index (χ1v) is 5.24. The van der Waals surface area contributed by atoms with E-state index < -0.39 is 0 Å². The van der Waals surface area contributed by atoms with Crippen LogP contribution in [0.3, 0.4) is 0 Å². The molecule has 1 saturated carbocycles. The number of hydrogen-bond donors (Lipinski definition) is 1. The summed E-state index contributed by atoms with van der Waals surface area (Å²) in [7, 11) is 0. The summed E-state index contributed by atoms with van der Waals surface area (Å²) in [6.07, 6.45) is 10.1. The lowest BCUT2D eigenvalue weighted by molar-refractivity contribution is 0.262. The second kappa shape index (κ2) is 6.97. The van der Waals surface area contributed by atoms with Gasteiger partial charge >= 0.3 is 0 Å². The van der Waals surface area contributed by atoms with Crippen molar-refractivity contribution in [3.63, 3.8) is 0 Å². The maximum absolute atomic E-state index is 5.81. The van der Waals surface area contributed by atoms with Gasteiger partial charge in [0.05, 0.1) is 0 Å². The zero-order valence-electron chi connectivity index (χ0n) is 9.22. The van der Waals surface area contributed by atoms with Crippen molar-refractivity contribution < 1.29 is 0 Å². The molecule has 0 aromatic carbocycles. The molecule has 1 aliphatic rings. The van der Waals surface area contributed by atoms with Gasteiger partial charge in [-0.05, 0) is 38.5 Å². The zero-order valence-corrected chi connectivity index (χ0v) is 9.22. The average molecular weight is 181 g/mol. The molecule has 0 aromatic rings. The van der Waals surface area contributed by atoms with Crippen molar-refractivity contribution in [1.82, 2.24) is 0 Å². The summed E-state index contributed by atoms with van der Waals surface area (Å²) in [5.41, 5.74) is 5.81. The predicted octanol–water partition coefficient (Wildman–Crippen LogP) is 2.80. The van der Waals surface area contributed by atoms with Crippen molar-refractivity contribution in [3.8, 4) is 12.3 Å². The van der Waals surface area contributed by atoms with E-state index in [0.717, 1.165) is 11.8 Å². The highest BCUT2D eigenvalue weighted by Crippen LogP contribution is 2.29. The molecule has 0 heterocycles. The van der Waals surface area contributed by atoms with Crippen LogP contribution in [0.2, 0.25) is 0 Å². The van der Waals surface area contributed by atoms with Gasteiger partial charge in [-0.25, -0.2) is 0 Å². The zero-order chi connectivity index (χ0) is 10.3. The Labute approximate surface area is 83.1 Å². The standard InChI is InChI=1S/C9H19N.C3H4/c1-7-3-5-9(6-4-7)8(2)10;1-3-2/h7-9H,3-6,10H2,1-2H3;1H,2H3.